The van der Waals surface area contributed by atoms with Crippen LogP contribution in [0.5, 0.6) is 11.5 Å². The summed E-state index contributed by atoms with van der Waals surface area (Å²) < 4.78 is 11.7. The Bertz CT molecular complexity index is 776. The highest BCUT2D eigenvalue weighted by atomic mass is 16.6. The fourth-order valence-electron chi connectivity index (χ4n) is 5.21. The van der Waals surface area contributed by atoms with E-state index in [0.29, 0.717) is 17.1 Å². The number of methoxy groups -OCH3 is 1. The zero-order valence-corrected chi connectivity index (χ0v) is 22.2. The van der Waals surface area contributed by atoms with Gasteiger partial charge in [-0.2, -0.15) is 0 Å². The minimum atomic E-state index is -0.364. The van der Waals surface area contributed by atoms with Crippen molar-refractivity contribution in [3.8, 4) is 11.5 Å². The molecular weight excluding hydrogens is 414 g/mol. The van der Waals surface area contributed by atoms with Gasteiger partial charge in [-0.1, -0.05) is 72.6 Å². The predicted molar refractivity (Wildman–Crippen MR) is 136 cm³/mol. The van der Waals surface area contributed by atoms with Crippen molar-refractivity contribution in [2.75, 3.05) is 7.11 Å². The Kier molecular flexibility index (Phi) is 10.5. The van der Waals surface area contributed by atoms with Crippen molar-refractivity contribution < 1.29 is 14.4 Å². The molecule has 0 aliphatic carbocycles. The molecule has 0 amide bonds. The lowest BCUT2D eigenvalue weighted by Gasteiger charge is -2.37. The van der Waals surface area contributed by atoms with Crippen molar-refractivity contribution in [1.29, 1.82) is 0 Å². The van der Waals surface area contributed by atoms with Gasteiger partial charge in [0.15, 0.2) is 5.75 Å². The van der Waals surface area contributed by atoms with Crippen molar-refractivity contribution in [3.05, 3.63) is 27.3 Å². The molecule has 33 heavy (non-hydrogen) atoms. The second kappa shape index (κ2) is 12.6. The Morgan fingerprint density at radius 1 is 1.06 bits per heavy atom. The maximum atomic E-state index is 11.6. The second-order valence-corrected chi connectivity index (χ2v) is 11.2. The number of hydrogen-bond acceptors (Lipinski definition) is 4. The molecule has 1 aliphatic rings. The lowest BCUT2D eigenvalue weighted by atomic mass is 9.85. The van der Waals surface area contributed by atoms with Crippen LogP contribution in [-0.2, 0) is 6.42 Å². The van der Waals surface area contributed by atoms with Gasteiger partial charge < -0.3 is 9.47 Å². The van der Waals surface area contributed by atoms with E-state index >= 15 is 0 Å². The van der Waals surface area contributed by atoms with Gasteiger partial charge in [0.1, 0.15) is 11.4 Å². The Morgan fingerprint density at radius 2 is 1.64 bits per heavy atom. The van der Waals surface area contributed by atoms with Crippen LogP contribution in [0.2, 0.25) is 0 Å². The number of benzene rings is 1. The highest BCUT2D eigenvalue weighted by molar-refractivity contribution is 5.62. The van der Waals surface area contributed by atoms with E-state index in [9.17, 15) is 10.1 Å². The summed E-state index contributed by atoms with van der Waals surface area (Å²) in [6.45, 7) is 13.3. The predicted octanol–water partition coefficient (Wildman–Crippen LogP) is 8.43. The second-order valence-electron chi connectivity index (χ2n) is 11.2. The number of ether oxygens (including phenoxy) is 2. The van der Waals surface area contributed by atoms with E-state index in [1.807, 2.05) is 0 Å². The number of rotatable bonds is 14. The van der Waals surface area contributed by atoms with E-state index in [0.717, 1.165) is 49.0 Å². The van der Waals surface area contributed by atoms with Gasteiger partial charge in [-0.25, -0.2) is 0 Å². The first-order valence-corrected chi connectivity index (χ1v) is 13.1. The SMILES string of the molecule is COc1cc2c(c(C)c1[N+](=O)[O-])O[C@](C)(CCC[C@H](C)CCC[C@H](C)CCCC(C)C)CC2. The van der Waals surface area contributed by atoms with Crippen molar-refractivity contribution in [2.24, 2.45) is 17.8 Å². The van der Waals surface area contributed by atoms with Gasteiger partial charge in [-0.05, 0) is 68.9 Å². The number of aryl methyl sites for hydroxylation is 1. The first-order chi connectivity index (χ1) is 15.6. The van der Waals surface area contributed by atoms with Gasteiger partial charge in [-0.15, -0.1) is 0 Å². The average molecular weight is 462 g/mol. The van der Waals surface area contributed by atoms with Gasteiger partial charge in [0.25, 0.3) is 0 Å². The van der Waals surface area contributed by atoms with E-state index in [2.05, 4.69) is 34.6 Å². The van der Waals surface area contributed by atoms with Crippen LogP contribution in [-0.4, -0.2) is 17.6 Å². The number of hydrogen-bond donors (Lipinski definition) is 0. The minimum Gasteiger partial charge on any atom is -0.490 e. The molecule has 0 spiro atoms. The fraction of sp³-hybridized carbons (Fsp3) is 0.786. The molecule has 188 valence electrons. The molecule has 0 saturated carbocycles. The Labute approximate surface area is 201 Å². The molecule has 5 heteroatoms. The van der Waals surface area contributed by atoms with Crippen LogP contribution in [0.25, 0.3) is 0 Å². The topological polar surface area (TPSA) is 61.6 Å². The van der Waals surface area contributed by atoms with Crippen LogP contribution in [0.3, 0.4) is 0 Å². The summed E-state index contributed by atoms with van der Waals surface area (Å²) in [5.74, 6) is 3.42. The van der Waals surface area contributed by atoms with E-state index < -0.39 is 0 Å². The molecule has 1 aromatic rings. The van der Waals surface area contributed by atoms with Crippen LogP contribution in [0.15, 0.2) is 6.07 Å². The summed E-state index contributed by atoms with van der Waals surface area (Å²) in [6, 6.07) is 1.78. The molecule has 2 rings (SSSR count). The zero-order chi connectivity index (χ0) is 24.6. The minimum absolute atomic E-state index is 0.0209. The molecule has 1 aliphatic heterocycles. The van der Waals surface area contributed by atoms with Gasteiger partial charge in [-0.3, -0.25) is 10.1 Å². The molecule has 1 aromatic carbocycles. The maximum Gasteiger partial charge on any atom is 0.317 e. The summed E-state index contributed by atoms with van der Waals surface area (Å²) in [6.07, 6.45) is 13.2. The highest BCUT2D eigenvalue weighted by Crippen LogP contribution is 2.45. The largest absolute Gasteiger partial charge is 0.490 e. The lowest BCUT2D eigenvalue weighted by Crippen LogP contribution is -2.36. The first kappa shape index (κ1) is 27.5. The Balaban J connectivity index is 1.80. The average Bonchev–Trinajstić information content (AvgIpc) is 2.73. The summed E-state index contributed by atoms with van der Waals surface area (Å²) in [4.78, 5) is 11.2. The van der Waals surface area contributed by atoms with Crippen molar-refractivity contribution in [3.63, 3.8) is 0 Å². The van der Waals surface area contributed by atoms with Gasteiger partial charge >= 0.3 is 5.69 Å². The van der Waals surface area contributed by atoms with E-state index in [1.165, 1.54) is 52.1 Å². The molecule has 0 saturated heterocycles. The van der Waals surface area contributed by atoms with Crippen molar-refractivity contribution >= 4 is 5.69 Å². The number of nitrogens with zero attached hydrogens (tertiary/aromatic N) is 1. The summed E-state index contributed by atoms with van der Waals surface area (Å²) in [5, 5.41) is 11.6. The lowest BCUT2D eigenvalue weighted by molar-refractivity contribution is -0.386. The molecule has 0 bridgehead atoms. The summed E-state index contributed by atoms with van der Waals surface area (Å²) in [7, 11) is 1.48. The molecule has 0 aromatic heterocycles. The molecule has 0 N–H and O–H groups in total. The third kappa shape index (κ3) is 8.19. The summed E-state index contributed by atoms with van der Waals surface area (Å²) in [5.41, 5.74) is 1.36. The third-order valence-electron chi connectivity index (χ3n) is 7.48. The summed E-state index contributed by atoms with van der Waals surface area (Å²) >= 11 is 0. The third-order valence-corrected chi connectivity index (χ3v) is 7.48. The molecule has 1 heterocycles. The first-order valence-electron chi connectivity index (χ1n) is 13.1. The van der Waals surface area contributed by atoms with Crippen LogP contribution in [0, 0.1) is 34.8 Å². The number of fused-ring (bicyclic) bond motifs is 1. The molecule has 5 nitrogen and oxygen atoms in total. The molecule has 0 radical (unpaired) electrons. The van der Waals surface area contributed by atoms with E-state index in [-0.39, 0.29) is 16.2 Å². The Morgan fingerprint density at radius 3 is 2.18 bits per heavy atom. The Hall–Kier alpha value is -1.78. The molecule has 0 unspecified atom stereocenters. The van der Waals surface area contributed by atoms with E-state index in [1.54, 1.807) is 13.0 Å². The van der Waals surface area contributed by atoms with Crippen LogP contribution >= 0.6 is 0 Å². The number of nitro benzene ring substituents is 1. The van der Waals surface area contributed by atoms with Crippen molar-refractivity contribution in [2.45, 2.75) is 118 Å². The normalized spacial score (nSPS) is 19.6. The van der Waals surface area contributed by atoms with Crippen LogP contribution in [0.1, 0.15) is 110 Å². The standard InChI is InChI=1S/C28H47NO4/c1-20(2)11-8-12-21(3)13-9-14-22(4)15-10-17-28(6)18-16-24-19-25(32-7)26(29(30)31)23(5)27(24)33-28/h19-22H,8-18H2,1-7H3/t21-,22-,28-/m1/s1. The van der Waals surface area contributed by atoms with E-state index in [4.69, 9.17) is 9.47 Å². The van der Waals surface area contributed by atoms with Gasteiger partial charge in [0.05, 0.1) is 17.6 Å². The molecular formula is C28H47NO4. The van der Waals surface area contributed by atoms with Crippen LogP contribution < -0.4 is 9.47 Å². The molecule has 3 atom stereocenters. The van der Waals surface area contributed by atoms with Gasteiger partial charge in [0, 0.05) is 0 Å². The number of nitro groups is 1. The van der Waals surface area contributed by atoms with Crippen LogP contribution in [0.4, 0.5) is 5.69 Å². The fourth-order valence-corrected chi connectivity index (χ4v) is 5.21. The maximum absolute atomic E-state index is 11.6. The smallest absolute Gasteiger partial charge is 0.317 e. The van der Waals surface area contributed by atoms with Crippen molar-refractivity contribution in [1.82, 2.24) is 0 Å². The highest BCUT2D eigenvalue weighted by Gasteiger charge is 2.35. The monoisotopic (exact) mass is 461 g/mol. The quantitative estimate of drug-likeness (QED) is 0.206. The van der Waals surface area contributed by atoms with Gasteiger partial charge in [0.2, 0.25) is 0 Å². The molecule has 0 fully saturated rings. The zero-order valence-electron chi connectivity index (χ0n) is 22.2.